The highest BCUT2D eigenvalue weighted by atomic mass is 19.1. The Bertz CT molecular complexity index is 848. The summed E-state index contributed by atoms with van der Waals surface area (Å²) in [5, 5.41) is 21.0. The second-order valence-corrected chi connectivity index (χ2v) is 9.71. The highest BCUT2D eigenvalue weighted by Crippen LogP contribution is 2.76. The van der Waals surface area contributed by atoms with Crippen LogP contribution in [0.5, 0.6) is 0 Å². The molecule has 6 heteroatoms. The third-order valence-electron chi connectivity index (χ3n) is 8.86. The van der Waals surface area contributed by atoms with Crippen LogP contribution in [-0.2, 0) is 14.3 Å². The molecule has 3 unspecified atom stereocenters. The number of ether oxygens (including phenoxy) is 1. The van der Waals surface area contributed by atoms with E-state index in [-0.39, 0.29) is 42.4 Å². The number of rotatable bonds is 1. The standard InChI is InChI=1S/C21H25FO5/c1-10-6-12-13-8-15(22)14-7-11(23)4-5-18(14,2)21(13)16(27-21)9-19(12,3)20(10,26)17(24)25/h4-5,10,12-13,16,26H,6-9H2,1-3H3,(H,24,25)/t10?,12?,13?,16-,18-,19-,20-,21+/m0/s1. The number of fused-ring (bicyclic) bond motifs is 3. The molecule has 1 aliphatic heterocycles. The van der Waals surface area contributed by atoms with Gasteiger partial charge in [0.05, 0.1) is 6.10 Å². The number of carbonyl (C=O) groups excluding carboxylic acids is 1. The van der Waals surface area contributed by atoms with Crippen molar-refractivity contribution in [1.29, 1.82) is 0 Å². The van der Waals surface area contributed by atoms with Gasteiger partial charge in [0, 0.05) is 29.6 Å². The van der Waals surface area contributed by atoms with Gasteiger partial charge in [-0.3, -0.25) is 4.79 Å². The third kappa shape index (κ3) is 1.65. The first kappa shape index (κ1) is 17.6. The van der Waals surface area contributed by atoms with Crippen LogP contribution >= 0.6 is 0 Å². The molecule has 1 spiro atoms. The summed E-state index contributed by atoms with van der Waals surface area (Å²) in [6.07, 6.45) is 4.31. The topological polar surface area (TPSA) is 87.1 Å². The predicted octanol–water partition coefficient (Wildman–Crippen LogP) is 2.78. The molecule has 5 rings (SSSR count). The van der Waals surface area contributed by atoms with E-state index in [4.69, 9.17) is 4.74 Å². The summed E-state index contributed by atoms with van der Waals surface area (Å²) in [6.45, 7) is 5.56. The van der Waals surface area contributed by atoms with Crippen molar-refractivity contribution in [2.45, 2.75) is 63.8 Å². The lowest BCUT2D eigenvalue weighted by atomic mass is 9.47. The molecule has 0 aromatic rings. The number of allylic oxidation sites excluding steroid dienone is 2. The van der Waals surface area contributed by atoms with E-state index in [1.54, 1.807) is 13.0 Å². The zero-order valence-electron chi connectivity index (χ0n) is 15.8. The zero-order valence-corrected chi connectivity index (χ0v) is 15.8. The van der Waals surface area contributed by atoms with E-state index in [0.29, 0.717) is 18.4 Å². The van der Waals surface area contributed by atoms with E-state index in [1.807, 2.05) is 13.8 Å². The molecular formula is C21H25FO5. The van der Waals surface area contributed by atoms with E-state index in [2.05, 4.69) is 0 Å². The lowest BCUT2D eigenvalue weighted by molar-refractivity contribution is -0.183. The molecule has 8 atom stereocenters. The molecule has 0 aromatic carbocycles. The molecule has 5 nitrogen and oxygen atoms in total. The molecule has 0 bridgehead atoms. The van der Waals surface area contributed by atoms with Crippen LogP contribution in [0.3, 0.4) is 0 Å². The Balaban J connectivity index is 1.66. The van der Waals surface area contributed by atoms with Crippen LogP contribution in [0, 0.1) is 28.6 Å². The second kappa shape index (κ2) is 4.71. The minimum atomic E-state index is -1.84. The maximum atomic E-state index is 15.2. The first-order valence-corrected chi connectivity index (χ1v) is 9.76. The summed E-state index contributed by atoms with van der Waals surface area (Å²) < 4.78 is 21.5. The molecule has 0 amide bonds. The van der Waals surface area contributed by atoms with Gasteiger partial charge < -0.3 is 14.9 Å². The molecule has 1 heterocycles. The smallest absolute Gasteiger partial charge is 0.336 e. The summed E-state index contributed by atoms with van der Waals surface area (Å²) in [6, 6.07) is 0. The molecule has 1 saturated heterocycles. The number of aliphatic carboxylic acids is 1. The summed E-state index contributed by atoms with van der Waals surface area (Å²) in [5.41, 5.74) is -3.46. The SMILES string of the molecule is CC1CC2C3CC(F)=C4CC(=O)C=C[C@]4(C)[C@@]34O[C@H]4C[C@]2(C)[C@@]1(O)C(=O)O. The van der Waals surface area contributed by atoms with Gasteiger partial charge in [-0.05, 0) is 43.3 Å². The summed E-state index contributed by atoms with van der Waals surface area (Å²) >= 11 is 0. The van der Waals surface area contributed by atoms with E-state index >= 15 is 4.39 Å². The normalized spacial score (nSPS) is 55.5. The fourth-order valence-corrected chi connectivity index (χ4v) is 7.41. The fourth-order valence-electron chi connectivity index (χ4n) is 7.41. The van der Waals surface area contributed by atoms with Crippen LogP contribution in [0.2, 0.25) is 0 Å². The molecule has 27 heavy (non-hydrogen) atoms. The molecule has 0 radical (unpaired) electrons. The second-order valence-electron chi connectivity index (χ2n) is 9.71. The number of aliphatic hydroxyl groups is 1. The number of halogens is 1. The Morgan fingerprint density at radius 2 is 2.04 bits per heavy atom. The minimum absolute atomic E-state index is 0.0841. The number of carboxylic acids is 1. The van der Waals surface area contributed by atoms with Crippen molar-refractivity contribution in [3.63, 3.8) is 0 Å². The van der Waals surface area contributed by atoms with Crippen molar-refractivity contribution >= 4 is 11.8 Å². The Morgan fingerprint density at radius 1 is 1.33 bits per heavy atom. The number of carbonyl (C=O) groups is 2. The Hall–Kier alpha value is -1.53. The van der Waals surface area contributed by atoms with Gasteiger partial charge in [0.15, 0.2) is 11.4 Å². The van der Waals surface area contributed by atoms with E-state index in [0.717, 1.165) is 0 Å². The average Bonchev–Trinajstić information content (AvgIpc) is 3.27. The highest BCUT2D eigenvalue weighted by Gasteiger charge is 2.82. The minimum Gasteiger partial charge on any atom is -0.479 e. The number of epoxide rings is 1. The van der Waals surface area contributed by atoms with E-state index in [9.17, 15) is 19.8 Å². The number of ketones is 1. The third-order valence-corrected chi connectivity index (χ3v) is 8.86. The van der Waals surface area contributed by atoms with Gasteiger partial charge in [0.25, 0.3) is 0 Å². The Morgan fingerprint density at radius 3 is 2.70 bits per heavy atom. The van der Waals surface area contributed by atoms with Crippen LogP contribution in [0.25, 0.3) is 0 Å². The van der Waals surface area contributed by atoms with Crippen LogP contribution in [-0.4, -0.2) is 39.3 Å². The van der Waals surface area contributed by atoms with Crippen molar-refractivity contribution < 1.29 is 28.9 Å². The van der Waals surface area contributed by atoms with Gasteiger partial charge in [-0.2, -0.15) is 0 Å². The zero-order chi connectivity index (χ0) is 19.6. The molecule has 146 valence electrons. The van der Waals surface area contributed by atoms with Crippen LogP contribution < -0.4 is 0 Å². The maximum absolute atomic E-state index is 15.2. The molecule has 5 aliphatic rings. The van der Waals surface area contributed by atoms with Gasteiger partial charge in [-0.1, -0.05) is 19.9 Å². The molecule has 2 saturated carbocycles. The Kier molecular flexibility index (Phi) is 3.07. The lowest BCUT2D eigenvalue weighted by Gasteiger charge is -2.54. The van der Waals surface area contributed by atoms with Gasteiger partial charge >= 0.3 is 5.97 Å². The van der Waals surface area contributed by atoms with E-state index < -0.39 is 33.9 Å². The molecular weight excluding hydrogens is 351 g/mol. The summed E-state index contributed by atoms with van der Waals surface area (Å²) in [5.74, 6) is -2.33. The largest absolute Gasteiger partial charge is 0.479 e. The molecule has 0 aromatic heterocycles. The van der Waals surface area contributed by atoms with Gasteiger partial charge in [-0.15, -0.1) is 0 Å². The fraction of sp³-hybridized carbons (Fsp3) is 0.714. The van der Waals surface area contributed by atoms with Gasteiger partial charge in [0.2, 0.25) is 0 Å². The van der Waals surface area contributed by atoms with Crippen LogP contribution in [0.15, 0.2) is 23.6 Å². The maximum Gasteiger partial charge on any atom is 0.336 e. The first-order chi connectivity index (χ1) is 12.5. The number of carboxylic acid groups (broad SMARTS) is 1. The quantitative estimate of drug-likeness (QED) is 0.687. The van der Waals surface area contributed by atoms with Gasteiger partial charge in [0.1, 0.15) is 11.4 Å². The molecule has 3 fully saturated rings. The summed E-state index contributed by atoms with van der Waals surface area (Å²) in [4.78, 5) is 23.9. The van der Waals surface area contributed by atoms with Crippen molar-refractivity contribution in [3.05, 3.63) is 23.6 Å². The highest BCUT2D eigenvalue weighted by molar-refractivity contribution is 5.93. The van der Waals surface area contributed by atoms with Gasteiger partial charge in [-0.25, -0.2) is 9.18 Å². The first-order valence-electron chi connectivity index (χ1n) is 9.76. The monoisotopic (exact) mass is 376 g/mol. The van der Waals surface area contributed by atoms with Crippen molar-refractivity contribution in [1.82, 2.24) is 0 Å². The number of hydrogen-bond donors (Lipinski definition) is 2. The summed E-state index contributed by atoms with van der Waals surface area (Å²) in [7, 11) is 0. The molecule has 4 aliphatic carbocycles. The average molecular weight is 376 g/mol. The van der Waals surface area contributed by atoms with Crippen molar-refractivity contribution in [3.8, 4) is 0 Å². The van der Waals surface area contributed by atoms with Crippen LogP contribution in [0.4, 0.5) is 4.39 Å². The predicted molar refractivity (Wildman–Crippen MR) is 93.3 cm³/mol. The Labute approximate surface area is 157 Å². The van der Waals surface area contributed by atoms with Crippen LogP contribution in [0.1, 0.15) is 46.5 Å². The number of hydrogen-bond acceptors (Lipinski definition) is 4. The van der Waals surface area contributed by atoms with Crippen molar-refractivity contribution in [2.75, 3.05) is 0 Å². The van der Waals surface area contributed by atoms with Crippen molar-refractivity contribution in [2.24, 2.45) is 28.6 Å². The lowest BCUT2D eigenvalue weighted by Crippen LogP contribution is -2.61. The van der Waals surface area contributed by atoms with E-state index in [1.165, 1.54) is 6.08 Å². The molecule has 2 N–H and O–H groups in total.